The van der Waals surface area contributed by atoms with Crippen LogP contribution in [0.25, 0.3) is 0 Å². The van der Waals surface area contributed by atoms with Gasteiger partial charge in [0.05, 0.1) is 23.3 Å². The van der Waals surface area contributed by atoms with Crippen LogP contribution in [-0.2, 0) is 19.6 Å². The van der Waals surface area contributed by atoms with Crippen molar-refractivity contribution in [3.63, 3.8) is 0 Å². The van der Waals surface area contributed by atoms with Crippen molar-refractivity contribution in [3.05, 3.63) is 35.4 Å². The summed E-state index contributed by atoms with van der Waals surface area (Å²) in [6.07, 6.45) is -0.442. The smallest absolute Gasteiger partial charge is 0.293 e. The summed E-state index contributed by atoms with van der Waals surface area (Å²) in [5.41, 5.74) is 0.541. The first-order valence-electron chi connectivity index (χ1n) is 6.25. The highest BCUT2D eigenvalue weighted by atomic mass is 17.2. The zero-order valence-corrected chi connectivity index (χ0v) is 11.9. The molecule has 1 aromatic rings. The molecule has 0 aliphatic heterocycles. The molecular formula is C14H18O6. The fraction of sp³-hybridized carbons (Fsp3) is 0.429. The Balaban J connectivity index is 2.59. The lowest BCUT2D eigenvalue weighted by Crippen LogP contribution is -2.12. The molecule has 0 bridgehead atoms. The second-order valence-corrected chi connectivity index (χ2v) is 4.61. The SMILES string of the molecule is CC(C)OOC(=O)c1ccc(C(=O)OOC(C)C)cc1. The summed E-state index contributed by atoms with van der Waals surface area (Å²) in [6, 6.07) is 5.77. The third kappa shape index (κ3) is 5.38. The topological polar surface area (TPSA) is 71.1 Å². The fourth-order valence-corrected chi connectivity index (χ4v) is 1.12. The van der Waals surface area contributed by atoms with Gasteiger partial charge in [-0.25, -0.2) is 9.59 Å². The molecule has 6 heteroatoms. The van der Waals surface area contributed by atoms with Gasteiger partial charge in [0.1, 0.15) is 0 Å². The van der Waals surface area contributed by atoms with Gasteiger partial charge in [-0.2, -0.15) is 9.78 Å². The van der Waals surface area contributed by atoms with Crippen LogP contribution in [0.4, 0.5) is 0 Å². The van der Waals surface area contributed by atoms with Gasteiger partial charge < -0.3 is 0 Å². The lowest BCUT2D eigenvalue weighted by Gasteiger charge is -2.07. The third-order valence-electron chi connectivity index (χ3n) is 1.99. The first-order chi connectivity index (χ1) is 9.40. The Morgan fingerprint density at radius 2 is 1.05 bits per heavy atom. The molecule has 110 valence electrons. The van der Waals surface area contributed by atoms with Crippen molar-refractivity contribution < 1.29 is 29.1 Å². The van der Waals surface area contributed by atoms with Crippen LogP contribution in [0.15, 0.2) is 24.3 Å². The Kier molecular flexibility index (Phi) is 6.14. The zero-order chi connectivity index (χ0) is 15.1. The molecule has 0 aliphatic carbocycles. The maximum absolute atomic E-state index is 11.6. The van der Waals surface area contributed by atoms with Crippen molar-refractivity contribution in [3.8, 4) is 0 Å². The highest BCUT2D eigenvalue weighted by molar-refractivity contribution is 5.92. The summed E-state index contributed by atoms with van der Waals surface area (Å²) >= 11 is 0. The van der Waals surface area contributed by atoms with E-state index in [1.807, 2.05) is 0 Å². The molecule has 0 N–H and O–H groups in total. The summed E-state index contributed by atoms with van der Waals surface area (Å²) in [5, 5.41) is 0. The molecule has 0 fully saturated rings. The quantitative estimate of drug-likeness (QED) is 0.590. The highest BCUT2D eigenvalue weighted by Crippen LogP contribution is 2.09. The lowest BCUT2D eigenvalue weighted by molar-refractivity contribution is -0.265. The van der Waals surface area contributed by atoms with Crippen LogP contribution in [0.2, 0.25) is 0 Å². The van der Waals surface area contributed by atoms with E-state index in [9.17, 15) is 9.59 Å². The molecule has 0 atom stereocenters. The number of carbonyl (C=O) groups excluding carboxylic acids is 2. The van der Waals surface area contributed by atoms with E-state index in [0.717, 1.165) is 0 Å². The van der Waals surface area contributed by atoms with Crippen LogP contribution < -0.4 is 0 Å². The number of benzene rings is 1. The summed E-state index contributed by atoms with van der Waals surface area (Å²) < 4.78 is 0. The van der Waals surface area contributed by atoms with Gasteiger partial charge >= 0.3 is 11.9 Å². The first kappa shape index (κ1) is 16.1. The molecule has 0 unspecified atom stereocenters. The average Bonchev–Trinajstić information content (AvgIpc) is 2.42. The van der Waals surface area contributed by atoms with Gasteiger partial charge in [-0.3, -0.25) is 9.78 Å². The molecule has 0 radical (unpaired) electrons. The predicted molar refractivity (Wildman–Crippen MR) is 69.7 cm³/mol. The van der Waals surface area contributed by atoms with E-state index in [-0.39, 0.29) is 23.3 Å². The number of carbonyl (C=O) groups is 2. The van der Waals surface area contributed by atoms with Crippen LogP contribution in [-0.4, -0.2) is 24.1 Å². The predicted octanol–water partition coefficient (Wildman–Crippen LogP) is 2.68. The van der Waals surface area contributed by atoms with Crippen LogP contribution in [0.3, 0.4) is 0 Å². The van der Waals surface area contributed by atoms with Gasteiger partial charge in [-0.05, 0) is 52.0 Å². The van der Waals surface area contributed by atoms with Crippen LogP contribution in [0, 0.1) is 0 Å². The van der Waals surface area contributed by atoms with Crippen molar-refractivity contribution in [1.82, 2.24) is 0 Å². The van der Waals surface area contributed by atoms with E-state index in [0.29, 0.717) is 0 Å². The Bertz CT molecular complexity index is 406. The minimum atomic E-state index is -0.628. The molecule has 0 aromatic heterocycles. The van der Waals surface area contributed by atoms with Gasteiger partial charge in [-0.1, -0.05) is 0 Å². The van der Waals surface area contributed by atoms with Gasteiger partial charge in [0.25, 0.3) is 0 Å². The molecule has 0 spiro atoms. The third-order valence-corrected chi connectivity index (χ3v) is 1.99. The fourth-order valence-electron chi connectivity index (χ4n) is 1.12. The number of hydrogen-bond donors (Lipinski definition) is 0. The Hall–Kier alpha value is -1.92. The first-order valence-corrected chi connectivity index (χ1v) is 6.25. The van der Waals surface area contributed by atoms with E-state index in [4.69, 9.17) is 9.78 Å². The number of rotatable bonds is 6. The Morgan fingerprint density at radius 3 is 1.30 bits per heavy atom. The van der Waals surface area contributed by atoms with Gasteiger partial charge in [0.2, 0.25) is 0 Å². The molecule has 0 amide bonds. The Morgan fingerprint density at radius 1 is 0.750 bits per heavy atom. The largest absolute Gasteiger partial charge is 0.373 e. The highest BCUT2D eigenvalue weighted by Gasteiger charge is 2.13. The summed E-state index contributed by atoms with van der Waals surface area (Å²) in [5.74, 6) is -1.26. The lowest BCUT2D eigenvalue weighted by atomic mass is 10.1. The van der Waals surface area contributed by atoms with Gasteiger partial charge in [0.15, 0.2) is 0 Å². The van der Waals surface area contributed by atoms with E-state index in [2.05, 4.69) is 9.78 Å². The summed E-state index contributed by atoms with van der Waals surface area (Å²) in [6.45, 7) is 6.95. The van der Waals surface area contributed by atoms with E-state index >= 15 is 0 Å². The van der Waals surface area contributed by atoms with Crippen molar-refractivity contribution >= 4 is 11.9 Å². The summed E-state index contributed by atoms with van der Waals surface area (Å²) in [7, 11) is 0. The van der Waals surface area contributed by atoms with Crippen LogP contribution >= 0.6 is 0 Å². The van der Waals surface area contributed by atoms with E-state index in [1.54, 1.807) is 27.7 Å². The molecule has 6 nitrogen and oxygen atoms in total. The minimum absolute atomic E-state index is 0.221. The Labute approximate surface area is 117 Å². The number of hydrogen-bond acceptors (Lipinski definition) is 6. The monoisotopic (exact) mass is 282 g/mol. The molecule has 0 saturated carbocycles. The van der Waals surface area contributed by atoms with Gasteiger partial charge in [0, 0.05) is 0 Å². The minimum Gasteiger partial charge on any atom is -0.293 e. The standard InChI is InChI=1S/C14H18O6/c1-9(2)17-19-13(15)11-5-7-12(8-6-11)14(16)20-18-10(3)4/h5-10H,1-4H3. The van der Waals surface area contributed by atoms with Crippen LogP contribution in [0.5, 0.6) is 0 Å². The van der Waals surface area contributed by atoms with Crippen molar-refractivity contribution in [1.29, 1.82) is 0 Å². The molecule has 20 heavy (non-hydrogen) atoms. The van der Waals surface area contributed by atoms with E-state index < -0.39 is 11.9 Å². The summed E-state index contributed by atoms with van der Waals surface area (Å²) in [4.78, 5) is 41.8. The van der Waals surface area contributed by atoms with Crippen molar-refractivity contribution in [2.75, 3.05) is 0 Å². The van der Waals surface area contributed by atoms with Crippen LogP contribution in [0.1, 0.15) is 48.4 Å². The van der Waals surface area contributed by atoms with Gasteiger partial charge in [-0.15, -0.1) is 0 Å². The average molecular weight is 282 g/mol. The normalized spacial score (nSPS) is 10.7. The molecule has 1 rings (SSSR count). The van der Waals surface area contributed by atoms with Crippen molar-refractivity contribution in [2.24, 2.45) is 0 Å². The molecule has 0 aliphatic rings. The molecule has 0 saturated heterocycles. The molecule has 0 heterocycles. The zero-order valence-electron chi connectivity index (χ0n) is 11.9. The second-order valence-electron chi connectivity index (χ2n) is 4.61. The molecular weight excluding hydrogens is 264 g/mol. The second kappa shape index (κ2) is 7.62. The van der Waals surface area contributed by atoms with E-state index in [1.165, 1.54) is 24.3 Å². The molecule has 1 aromatic carbocycles. The maximum atomic E-state index is 11.6. The van der Waals surface area contributed by atoms with Crippen molar-refractivity contribution in [2.45, 2.75) is 39.9 Å². The maximum Gasteiger partial charge on any atom is 0.373 e.